The van der Waals surface area contributed by atoms with Gasteiger partial charge in [0.2, 0.25) is 0 Å². The molecule has 148 valence electrons. The molecule has 5 nitrogen and oxygen atoms in total. The van der Waals surface area contributed by atoms with E-state index in [0.29, 0.717) is 6.04 Å². The number of guanidine groups is 1. The molecule has 0 aliphatic carbocycles. The van der Waals surface area contributed by atoms with Crippen molar-refractivity contribution in [1.29, 1.82) is 0 Å². The van der Waals surface area contributed by atoms with Crippen molar-refractivity contribution in [3.8, 4) is 0 Å². The number of rotatable bonds is 8. The lowest BCUT2D eigenvalue weighted by Gasteiger charge is -2.21. The normalized spacial score (nSPS) is 15.4. The van der Waals surface area contributed by atoms with Gasteiger partial charge in [-0.1, -0.05) is 24.3 Å². The maximum Gasteiger partial charge on any atom is 0.191 e. The van der Waals surface area contributed by atoms with Crippen LogP contribution in [0.15, 0.2) is 29.3 Å². The summed E-state index contributed by atoms with van der Waals surface area (Å²) in [5, 5.41) is 6.77. The molecule has 26 heavy (non-hydrogen) atoms. The molecule has 0 spiro atoms. The van der Waals surface area contributed by atoms with Gasteiger partial charge < -0.3 is 15.5 Å². The molecule has 0 saturated carbocycles. The van der Waals surface area contributed by atoms with Crippen LogP contribution >= 0.6 is 24.0 Å². The number of hydrogen-bond donors (Lipinski definition) is 2. The Labute approximate surface area is 176 Å². The van der Waals surface area contributed by atoms with Crippen LogP contribution < -0.4 is 10.6 Å². The van der Waals surface area contributed by atoms with Crippen LogP contribution in [0, 0.1) is 0 Å². The van der Waals surface area contributed by atoms with Gasteiger partial charge in [0.15, 0.2) is 5.96 Å². The molecule has 1 aliphatic rings. The van der Waals surface area contributed by atoms with Crippen LogP contribution in [0.3, 0.4) is 0 Å². The zero-order valence-electron chi connectivity index (χ0n) is 16.8. The zero-order valence-corrected chi connectivity index (χ0v) is 19.1. The monoisotopic (exact) mass is 473 g/mol. The van der Waals surface area contributed by atoms with E-state index >= 15 is 0 Å². The van der Waals surface area contributed by atoms with E-state index in [1.54, 1.807) is 0 Å². The summed E-state index contributed by atoms with van der Waals surface area (Å²) in [6, 6.07) is 9.51. The minimum atomic E-state index is 0. The van der Waals surface area contributed by atoms with E-state index in [-0.39, 0.29) is 24.0 Å². The molecule has 2 N–H and O–H groups in total. The highest BCUT2D eigenvalue weighted by molar-refractivity contribution is 14.0. The summed E-state index contributed by atoms with van der Waals surface area (Å²) in [7, 11) is 3.97. The standard InChI is InChI=1S/C20H35N5.HI/c1-17(2)24(4)14-11-22-20(21-3)23-15-18-7-9-19(10-8-18)16-25-12-5-6-13-25;/h7-10,17H,5-6,11-16H2,1-4H3,(H2,21,22,23);1H. The molecule has 1 saturated heterocycles. The first-order valence-electron chi connectivity index (χ1n) is 9.53. The maximum atomic E-state index is 4.30. The van der Waals surface area contributed by atoms with Crippen LogP contribution in [0.25, 0.3) is 0 Å². The molecular formula is C20H36IN5. The third-order valence-corrected chi connectivity index (χ3v) is 4.95. The van der Waals surface area contributed by atoms with E-state index in [2.05, 4.69) is 70.6 Å². The molecule has 0 atom stereocenters. The lowest BCUT2D eigenvalue weighted by Crippen LogP contribution is -2.41. The van der Waals surface area contributed by atoms with Gasteiger partial charge in [0.05, 0.1) is 0 Å². The minimum absolute atomic E-state index is 0. The summed E-state index contributed by atoms with van der Waals surface area (Å²) in [6.07, 6.45) is 2.70. The van der Waals surface area contributed by atoms with E-state index in [0.717, 1.165) is 32.1 Å². The Morgan fingerprint density at radius 2 is 1.73 bits per heavy atom. The van der Waals surface area contributed by atoms with Crippen molar-refractivity contribution in [3.05, 3.63) is 35.4 Å². The number of hydrogen-bond acceptors (Lipinski definition) is 3. The first kappa shape index (κ1) is 23.2. The first-order chi connectivity index (χ1) is 12.1. The van der Waals surface area contributed by atoms with Gasteiger partial charge in [0.25, 0.3) is 0 Å². The number of likely N-dealkylation sites (N-methyl/N-ethyl adjacent to an activating group) is 1. The minimum Gasteiger partial charge on any atom is -0.355 e. The highest BCUT2D eigenvalue weighted by Crippen LogP contribution is 2.13. The third-order valence-electron chi connectivity index (χ3n) is 4.95. The molecule has 2 rings (SSSR count). The van der Waals surface area contributed by atoms with Crippen molar-refractivity contribution in [2.45, 2.75) is 45.8 Å². The quantitative estimate of drug-likeness (QED) is 0.346. The van der Waals surface area contributed by atoms with Crippen molar-refractivity contribution in [2.24, 2.45) is 4.99 Å². The smallest absolute Gasteiger partial charge is 0.191 e. The summed E-state index contributed by atoms with van der Waals surface area (Å²) >= 11 is 0. The second-order valence-corrected chi connectivity index (χ2v) is 7.23. The SMILES string of the molecule is CN=C(NCCN(C)C(C)C)NCc1ccc(CN2CCCC2)cc1.I. The van der Waals surface area contributed by atoms with Crippen LogP contribution in [0.5, 0.6) is 0 Å². The Morgan fingerprint density at radius 1 is 1.12 bits per heavy atom. The predicted octanol–water partition coefficient (Wildman–Crippen LogP) is 2.91. The average molecular weight is 473 g/mol. The average Bonchev–Trinajstić information content (AvgIpc) is 3.12. The Hall–Kier alpha value is -0.860. The molecular weight excluding hydrogens is 437 g/mol. The summed E-state index contributed by atoms with van der Waals surface area (Å²) < 4.78 is 0. The van der Waals surface area contributed by atoms with Gasteiger partial charge in [-0.25, -0.2) is 0 Å². The molecule has 1 heterocycles. The lowest BCUT2D eigenvalue weighted by atomic mass is 10.1. The summed E-state index contributed by atoms with van der Waals surface area (Å²) in [4.78, 5) is 9.15. The van der Waals surface area contributed by atoms with E-state index in [1.807, 2.05) is 7.05 Å². The van der Waals surface area contributed by atoms with Crippen LogP contribution in [0.1, 0.15) is 37.8 Å². The maximum absolute atomic E-state index is 4.30. The largest absolute Gasteiger partial charge is 0.355 e. The lowest BCUT2D eigenvalue weighted by molar-refractivity contribution is 0.278. The number of nitrogens with one attached hydrogen (secondary N) is 2. The molecule has 0 unspecified atom stereocenters. The van der Waals surface area contributed by atoms with Gasteiger partial charge in [0.1, 0.15) is 0 Å². The van der Waals surface area contributed by atoms with Crippen LogP contribution in [0.4, 0.5) is 0 Å². The van der Waals surface area contributed by atoms with Crippen molar-refractivity contribution in [3.63, 3.8) is 0 Å². The van der Waals surface area contributed by atoms with Crippen molar-refractivity contribution in [2.75, 3.05) is 40.3 Å². The molecule has 0 radical (unpaired) electrons. The highest BCUT2D eigenvalue weighted by atomic mass is 127. The molecule has 0 aromatic heterocycles. The fraction of sp³-hybridized carbons (Fsp3) is 0.650. The summed E-state index contributed by atoms with van der Waals surface area (Å²) in [5.41, 5.74) is 2.69. The molecule has 0 bridgehead atoms. The van der Waals surface area contributed by atoms with Gasteiger partial charge in [0, 0.05) is 39.3 Å². The van der Waals surface area contributed by atoms with Crippen LogP contribution in [-0.4, -0.2) is 62.1 Å². The number of benzene rings is 1. The van der Waals surface area contributed by atoms with E-state index in [4.69, 9.17) is 0 Å². The second kappa shape index (κ2) is 12.5. The number of nitrogens with zero attached hydrogens (tertiary/aromatic N) is 3. The van der Waals surface area contributed by atoms with Gasteiger partial charge in [-0.3, -0.25) is 9.89 Å². The van der Waals surface area contributed by atoms with Crippen molar-refractivity contribution < 1.29 is 0 Å². The molecule has 1 aromatic carbocycles. The molecule has 1 aromatic rings. The number of likely N-dealkylation sites (tertiary alicyclic amines) is 1. The molecule has 1 aliphatic heterocycles. The van der Waals surface area contributed by atoms with E-state index in [1.165, 1.54) is 37.1 Å². The number of halogens is 1. The van der Waals surface area contributed by atoms with Gasteiger partial charge in [-0.2, -0.15) is 0 Å². The van der Waals surface area contributed by atoms with Gasteiger partial charge in [-0.05, 0) is 58.0 Å². The first-order valence-corrected chi connectivity index (χ1v) is 9.53. The van der Waals surface area contributed by atoms with Crippen molar-refractivity contribution in [1.82, 2.24) is 20.4 Å². The number of aliphatic imine (C=N–C) groups is 1. The Morgan fingerprint density at radius 3 is 2.31 bits per heavy atom. The Bertz CT molecular complexity index is 524. The molecule has 6 heteroatoms. The molecule has 1 fully saturated rings. The van der Waals surface area contributed by atoms with Gasteiger partial charge >= 0.3 is 0 Å². The fourth-order valence-corrected chi connectivity index (χ4v) is 2.98. The van der Waals surface area contributed by atoms with E-state index < -0.39 is 0 Å². The van der Waals surface area contributed by atoms with Crippen LogP contribution in [0.2, 0.25) is 0 Å². The predicted molar refractivity (Wildman–Crippen MR) is 122 cm³/mol. The van der Waals surface area contributed by atoms with Gasteiger partial charge in [-0.15, -0.1) is 24.0 Å². The third kappa shape index (κ3) is 8.22. The topological polar surface area (TPSA) is 42.9 Å². The molecule has 0 amide bonds. The van der Waals surface area contributed by atoms with Crippen molar-refractivity contribution >= 4 is 29.9 Å². The Balaban J connectivity index is 0.00000338. The second-order valence-electron chi connectivity index (χ2n) is 7.23. The summed E-state index contributed by atoms with van der Waals surface area (Å²) in [6.45, 7) is 10.7. The van der Waals surface area contributed by atoms with Crippen LogP contribution in [-0.2, 0) is 13.1 Å². The highest BCUT2D eigenvalue weighted by Gasteiger charge is 2.11. The summed E-state index contributed by atoms with van der Waals surface area (Å²) in [5.74, 6) is 0.860. The van der Waals surface area contributed by atoms with E-state index in [9.17, 15) is 0 Å². The Kier molecular flexibility index (Phi) is 11.2. The fourth-order valence-electron chi connectivity index (χ4n) is 2.98. The zero-order chi connectivity index (χ0) is 18.1.